The van der Waals surface area contributed by atoms with Crippen LogP contribution < -0.4 is 4.74 Å². The molecular formula is C23H23N3O3S2. The maximum atomic E-state index is 12.9. The Labute approximate surface area is 189 Å². The van der Waals surface area contributed by atoms with Crippen LogP contribution in [0.4, 0.5) is 0 Å². The number of Topliss-reactive ketones (excluding diaryl/α,β-unsaturated/α-hetero) is 1. The van der Waals surface area contributed by atoms with Crippen LogP contribution in [0.1, 0.15) is 26.6 Å². The standard InChI is InChI=1S/C23H23N3O3S2/c1-15-13-19(16(2)26(15)11-10-17-7-6-12-30-17)20(27)14-31-23-25-24-22(29-23)18-8-4-5-9-21(18)28-3/h4-9,12-13H,10-11,14H2,1-3H3. The fourth-order valence-corrected chi connectivity index (χ4v) is 4.85. The molecule has 6 nitrogen and oxygen atoms in total. The zero-order valence-corrected chi connectivity index (χ0v) is 19.3. The number of nitrogens with zero attached hydrogens (tertiary/aromatic N) is 3. The van der Waals surface area contributed by atoms with E-state index in [0.29, 0.717) is 16.9 Å². The van der Waals surface area contributed by atoms with Gasteiger partial charge >= 0.3 is 0 Å². The molecule has 0 atom stereocenters. The number of aromatic nitrogens is 3. The normalized spacial score (nSPS) is 11.1. The van der Waals surface area contributed by atoms with Crippen LogP contribution in [0.25, 0.3) is 11.5 Å². The van der Waals surface area contributed by atoms with E-state index in [4.69, 9.17) is 9.15 Å². The first-order valence-corrected chi connectivity index (χ1v) is 11.8. The van der Waals surface area contributed by atoms with Crippen molar-refractivity contribution in [2.75, 3.05) is 12.9 Å². The summed E-state index contributed by atoms with van der Waals surface area (Å²) in [5, 5.41) is 10.6. The molecule has 4 aromatic rings. The largest absolute Gasteiger partial charge is 0.496 e. The molecule has 0 unspecified atom stereocenters. The average Bonchev–Trinajstić information content (AvgIpc) is 3.52. The molecule has 0 aliphatic carbocycles. The van der Waals surface area contributed by atoms with Crippen molar-refractivity contribution in [2.45, 2.75) is 32.0 Å². The lowest BCUT2D eigenvalue weighted by Gasteiger charge is -2.09. The third-order valence-electron chi connectivity index (χ3n) is 5.11. The monoisotopic (exact) mass is 453 g/mol. The summed E-state index contributed by atoms with van der Waals surface area (Å²) in [6.07, 6.45) is 0.962. The second-order valence-electron chi connectivity index (χ2n) is 7.05. The number of ether oxygens (including phenoxy) is 1. The van der Waals surface area contributed by atoms with Crippen LogP contribution in [0.3, 0.4) is 0 Å². The third kappa shape index (κ3) is 4.75. The molecule has 31 heavy (non-hydrogen) atoms. The minimum atomic E-state index is 0.0533. The Balaban J connectivity index is 1.41. The first kappa shape index (κ1) is 21.4. The minimum absolute atomic E-state index is 0.0533. The summed E-state index contributed by atoms with van der Waals surface area (Å²) in [4.78, 5) is 14.2. The van der Waals surface area contributed by atoms with Crippen molar-refractivity contribution in [1.29, 1.82) is 0 Å². The number of ketones is 1. The molecule has 0 fully saturated rings. The maximum absolute atomic E-state index is 12.9. The van der Waals surface area contributed by atoms with Crippen molar-refractivity contribution >= 4 is 28.9 Å². The number of aryl methyl sites for hydroxylation is 2. The second kappa shape index (κ2) is 9.53. The van der Waals surface area contributed by atoms with Gasteiger partial charge in [0.1, 0.15) is 5.75 Å². The molecule has 0 radical (unpaired) electrons. The number of carbonyl (C=O) groups excluding carboxylic acids is 1. The van der Waals surface area contributed by atoms with Gasteiger partial charge < -0.3 is 13.7 Å². The molecule has 0 amide bonds. The van der Waals surface area contributed by atoms with E-state index in [9.17, 15) is 4.79 Å². The number of benzene rings is 1. The fraction of sp³-hybridized carbons (Fsp3) is 0.261. The number of thioether (sulfide) groups is 1. The predicted octanol–water partition coefficient (Wildman–Crippen LogP) is 5.44. The van der Waals surface area contributed by atoms with Gasteiger partial charge in [-0.15, -0.1) is 21.5 Å². The molecule has 0 saturated carbocycles. The van der Waals surface area contributed by atoms with Gasteiger partial charge in [0.05, 0.1) is 18.4 Å². The van der Waals surface area contributed by atoms with E-state index < -0.39 is 0 Å². The lowest BCUT2D eigenvalue weighted by Crippen LogP contribution is -2.08. The Morgan fingerprint density at radius 3 is 2.81 bits per heavy atom. The summed E-state index contributed by atoms with van der Waals surface area (Å²) in [6, 6.07) is 13.6. The van der Waals surface area contributed by atoms with Crippen molar-refractivity contribution in [1.82, 2.24) is 14.8 Å². The highest BCUT2D eigenvalue weighted by atomic mass is 32.2. The molecule has 1 aromatic carbocycles. The number of hydrogen-bond donors (Lipinski definition) is 0. The molecule has 4 rings (SSSR count). The maximum Gasteiger partial charge on any atom is 0.277 e. The van der Waals surface area contributed by atoms with Gasteiger partial charge in [0.2, 0.25) is 0 Å². The molecule has 8 heteroatoms. The van der Waals surface area contributed by atoms with E-state index in [-0.39, 0.29) is 11.5 Å². The van der Waals surface area contributed by atoms with Gasteiger partial charge in [-0.2, -0.15) is 0 Å². The average molecular weight is 454 g/mol. The van der Waals surface area contributed by atoms with Crippen molar-refractivity contribution in [3.05, 3.63) is 69.7 Å². The summed E-state index contributed by atoms with van der Waals surface area (Å²) in [5.74, 6) is 1.33. The van der Waals surface area contributed by atoms with Gasteiger partial charge in [-0.1, -0.05) is 30.0 Å². The number of methoxy groups -OCH3 is 1. The zero-order valence-electron chi connectivity index (χ0n) is 17.6. The van der Waals surface area contributed by atoms with E-state index in [0.717, 1.165) is 35.5 Å². The number of rotatable bonds is 9. The molecule has 0 spiro atoms. The van der Waals surface area contributed by atoms with Gasteiger partial charge in [0.25, 0.3) is 11.1 Å². The molecule has 3 heterocycles. The minimum Gasteiger partial charge on any atom is -0.496 e. The van der Waals surface area contributed by atoms with Crippen LogP contribution in [0.5, 0.6) is 5.75 Å². The highest BCUT2D eigenvalue weighted by Gasteiger charge is 2.18. The SMILES string of the molecule is COc1ccccc1-c1nnc(SCC(=O)c2cc(C)n(CCc3cccs3)c2C)o1. The van der Waals surface area contributed by atoms with Crippen LogP contribution in [0.15, 0.2) is 57.5 Å². The van der Waals surface area contributed by atoms with Crippen LogP contribution in [0, 0.1) is 13.8 Å². The van der Waals surface area contributed by atoms with Crippen molar-refractivity contribution in [3.8, 4) is 17.2 Å². The highest BCUT2D eigenvalue weighted by molar-refractivity contribution is 7.99. The fourth-order valence-electron chi connectivity index (χ4n) is 3.51. The number of hydrogen-bond acceptors (Lipinski definition) is 7. The number of thiophene rings is 1. The van der Waals surface area contributed by atoms with E-state index in [1.165, 1.54) is 16.6 Å². The lowest BCUT2D eigenvalue weighted by molar-refractivity contribution is 0.102. The molecule has 0 aliphatic rings. The van der Waals surface area contributed by atoms with Gasteiger partial charge in [-0.25, -0.2) is 0 Å². The van der Waals surface area contributed by atoms with Gasteiger partial charge in [0, 0.05) is 28.4 Å². The molecule has 0 saturated heterocycles. The smallest absolute Gasteiger partial charge is 0.277 e. The molecule has 0 bridgehead atoms. The molecule has 0 aliphatic heterocycles. The summed E-state index contributed by atoms with van der Waals surface area (Å²) in [7, 11) is 1.60. The van der Waals surface area contributed by atoms with Crippen molar-refractivity contribution < 1.29 is 13.9 Å². The van der Waals surface area contributed by atoms with Crippen LogP contribution in [0.2, 0.25) is 0 Å². The predicted molar refractivity (Wildman–Crippen MR) is 123 cm³/mol. The van der Waals surface area contributed by atoms with E-state index >= 15 is 0 Å². The highest BCUT2D eigenvalue weighted by Crippen LogP contribution is 2.30. The second-order valence-corrected chi connectivity index (χ2v) is 9.01. The summed E-state index contributed by atoms with van der Waals surface area (Å²) >= 11 is 3.01. The van der Waals surface area contributed by atoms with Crippen LogP contribution >= 0.6 is 23.1 Å². The lowest BCUT2D eigenvalue weighted by atomic mass is 10.2. The van der Waals surface area contributed by atoms with Gasteiger partial charge in [0.15, 0.2) is 5.78 Å². The Hall–Kier alpha value is -2.84. The number of carbonyl (C=O) groups is 1. The summed E-state index contributed by atoms with van der Waals surface area (Å²) in [5.41, 5.74) is 3.57. The van der Waals surface area contributed by atoms with Gasteiger partial charge in [-0.3, -0.25) is 4.79 Å². The molecular weight excluding hydrogens is 430 g/mol. The third-order valence-corrected chi connectivity index (χ3v) is 6.86. The summed E-state index contributed by atoms with van der Waals surface area (Å²) in [6.45, 7) is 4.92. The van der Waals surface area contributed by atoms with E-state index in [2.05, 4.69) is 32.3 Å². The molecule has 0 N–H and O–H groups in total. The Bertz CT molecular complexity index is 1180. The zero-order chi connectivity index (χ0) is 21.8. The van der Waals surface area contributed by atoms with Crippen molar-refractivity contribution in [2.24, 2.45) is 0 Å². The Morgan fingerprint density at radius 1 is 1.19 bits per heavy atom. The van der Waals surface area contributed by atoms with Crippen LogP contribution in [-0.4, -0.2) is 33.4 Å². The molecule has 3 aromatic heterocycles. The van der Waals surface area contributed by atoms with Crippen molar-refractivity contribution in [3.63, 3.8) is 0 Å². The first-order valence-electron chi connectivity index (χ1n) is 9.89. The van der Waals surface area contributed by atoms with E-state index in [1.807, 2.05) is 44.2 Å². The Morgan fingerprint density at radius 2 is 2.03 bits per heavy atom. The van der Waals surface area contributed by atoms with E-state index in [1.54, 1.807) is 18.4 Å². The first-order chi connectivity index (χ1) is 15.1. The summed E-state index contributed by atoms with van der Waals surface area (Å²) < 4.78 is 13.3. The number of para-hydroxylation sites is 1. The topological polar surface area (TPSA) is 70.2 Å². The van der Waals surface area contributed by atoms with Crippen LogP contribution in [-0.2, 0) is 13.0 Å². The Kier molecular flexibility index (Phi) is 6.58. The van der Waals surface area contributed by atoms with Gasteiger partial charge in [-0.05, 0) is 49.9 Å². The molecule has 160 valence electrons. The quantitative estimate of drug-likeness (QED) is 0.248.